The van der Waals surface area contributed by atoms with E-state index in [9.17, 15) is 14.7 Å². The van der Waals surface area contributed by atoms with E-state index < -0.39 is 6.10 Å². The summed E-state index contributed by atoms with van der Waals surface area (Å²) in [6.07, 6.45) is 3.41. The first-order valence-corrected chi connectivity index (χ1v) is 5.42. The largest absolute Gasteiger partial charge is 0.469 e. The van der Waals surface area contributed by atoms with Crippen molar-refractivity contribution in [2.75, 3.05) is 7.11 Å². The van der Waals surface area contributed by atoms with Crippen LogP contribution in [0.25, 0.3) is 0 Å². The Kier molecular flexibility index (Phi) is 4.75. The molecule has 0 spiro atoms. The van der Waals surface area contributed by atoms with Gasteiger partial charge in [0.05, 0.1) is 7.11 Å². The molecule has 0 aliphatic heterocycles. The molecule has 1 rings (SSSR count). The van der Waals surface area contributed by atoms with Crippen molar-refractivity contribution in [3.05, 3.63) is 0 Å². The zero-order valence-electron chi connectivity index (χ0n) is 9.07. The highest BCUT2D eigenvalue weighted by atomic mass is 16.5. The summed E-state index contributed by atoms with van der Waals surface area (Å²) in [6.45, 7) is 0. The van der Waals surface area contributed by atoms with Crippen LogP contribution >= 0.6 is 0 Å². The van der Waals surface area contributed by atoms with Crippen molar-refractivity contribution in [3.63, 3.8) is 0 Å². The van der Waals surface area contributed by atoms with Crippen LogP contribution in [0.4, 0.5) is 0 Å². The van der Waals surface area contributed by atoms with Gasteiger partial charge in [-0.2, -0.15) is 0 Å². The molecule has 0 aromatic carbocycles. The highest BCUT2D eigenvalue weighted by Crippen LogP contribution is 2.27. The molecular formula is C11H18O4. The third-order valence-electron chi connectivity index (χ3n) is 2.97. The molecule has 86 valence electrons. The van der Waals surface area contributed by atoms with Gasteiger partial charge in [-0.1, -0.05) is 6.42 Å². The maximum Gasteiger partial charge on any atom is 0.305 e. The van der Waals surface area contributed by atoms with E-state index in [0.29, 0.717) is 12.8 Å². The Balaban J connectivity index is 2.10. The lowest BCUT2D eigenvalue weighted by molar-refractivity contribution is -0.140. The minimum Gasteiger partial charge on any atom is -0.469 e. The number of carbonyl (C=O) groups excluding carboxylic acids is 2. The predicted molar refractivity (Wildman–Crippen MR) is 54.2 cm³/mol. The van der Waals surface area contributed by atoms with Gasteiger partial charge in [0.2, 0.25) is 0 Å². The van der Waals surface area contributed by atoms with Crippen molar-refractivity contribution in [2.45, 2.75) is 44.6 Å². The van der Waals surface area contributed by atoms with Crippen LogP contribution in [0.5, 0.6) is 0 Å². The molecule has 4 heteroatoms. The van der Waals surface area contributed by atoms with E-state index in [1.54, 1.807) is 0 Å². The van der Waals surface area contributed by atoms with Gasteiger partial charge >= 0.3 is 5.97 Å². The number of hydrogen-bond acceptors (Lipinski definition) is 4. The van der Waals surface area contributed by atoms with Crippen LogP contribution in [0.1, 0.15) is 38.5 Å². The summed E-state index contributed by atoms with van der Waals surface area (Å²) in [4.78, 5) is 21.8. The Hall–Kier alpha value is -0.900. The summed E-state index contributed by atoms with van der Waals surface area (Å²) >= 11 is 0. The summed E-state index contributed by atoms with van der Waals surface area (Å²) in [5.41, 5.74) is 0. The molecular weight excluding hydrogens is 196 g/mol. The zero-order chi connectivity index (χ0) is 11.3. The molecule has 4 nitrogen and oxygen atoms in total. The number of unbranched alkanes of at least 4 members (excludes halogenated alkanes) is 1. The molecule has 0 heterocycles. The van der Waals surface area contributed by atoms with Gasteiger partial charge in [0, 0.05) is 12.8 Å². The average molecular weight is 214 g/mol. The van der Waals surface area contributed by atoms with Gasteiger partial charge in [0.1, 0.15) is 6.10 Å². The van der Waals surface area contributed by atoms with Gasteiger partial charge in [0.15, 0.2) is 5.78 Å². The number of esters is 1. The van der Waals surface area contributed by atoms with Crippen molar-refractivity contribution in [1.82, 2.24) is 0 Å². The zero-order valence-corrected chi connectivity index (χ0v) is 9.07. The van der Waals surface area contributed by atoms with Gasteiger partial charge in [-0.05, 0) is 25.2 Å². The number of Topliss-reactive ketones (excluding diaryl/α,β-unsaturated/α-hetero) is 1. The van der Waals surface area contributed by atoms with E-state index in [-0.39, 0.29) is 17.7 Å². The molecule has 0 amide bonds. The molecule has 15 heavy (non-hydrogen) atoms. The van der Waals surface area contributed by atoms with Crippen molar-refractivity contribution in [3.8, 4) is 0 Å². The minimum atomic E-state index is -0.761. The Morgan fingerprint density at radius 3 is 2.80 bits per heavy atom. The van der Waals surface area contributed by atoms with Gasteiger partial charge < -0.3 is 9.84 Å². The van der Waals surface area contributed by atoms with Gasteiger partial charge in [-0.25, -0.2) is 0 Å². The first kappa shape index (κ1) is 12.2. The summed E-state index contributed by atoms with van der Waals surface area (Å²) in [7, 11) is 1.38. The first-order chi connectivity index (χ1) is 7.15. The number of hydrogen-bond donors (Lipinski definition) is 1. The van der Waals surface area contributed by atoms with Gasteiger partial charge in [0.25, 0.3) is 0 Å². The number of carbonyl (C=O) groups is 2. The van der Waals surface area contributed by atoms with E-state index in [1.807, 2.05) is 0 Å². The fourth-order valence-corrected chi connectivity index (χ4v) is 1.98. The van der Waals surface area contributed by atoms with Crippen LogP contribution < -0.4 is 0 Å². The smallest absolute Gasteiger partial charge is 0.305 e. The van der Waals surface area contributed by atoms with Crippen molar-refractivity contribution >= 4 is 11.8 Å². The topological polar surface area (TPSA) is 63.6 Å². The molecule has 0 aromatic heterocycles. The molecule has 1 N–H and O–H groups in total. The van der Waals surface area contributed by atoms with E-state index in [1.165, 1.54) is 7.11 Å². The maximum absolute atomic E-state index is 11.0. The number of aliphatic hydroxyl groups excluding tert-OH is 1. The molecule has 2 unspecified atom stereocenters. The molecule has 0 radical (unpaired) electrons. The Morgan fingerprint density at radius 2 is 2.27 bits per heavy atom. The summed E-state index contributed by atoms with van der Waals surface area (Å²) < 4.78 is 4.52. The van der Waals surface area contributed by atoms with Crippen LogP contribution in [0, 0.1) is 5.92 Å². The number of ether oxygens (including phenoxy) is 1. The second-order valence-corrected chi connectivity index (χ2v) is 4.03. The van der Waals surface area contributed by atoms with Crippen LogP contribution in [0.2, 0.25) is 0 Å². The lowest BCUT2D eigenvalue weighted by Crippen LogP contribution is -2.20. The van der Waals surface area contributed by atoms with E-state index in [0.717, 1.165) is 25.7 Å². The molecule has 1 aliphatic carbocycles. The van der Waals surface area contributed by atoms with E-state index in [4.69, 9.17) is 0 Å². The highest BCUT2D eigenvalue weighted by Gasteiger charge is 2.31. The maximum atomic E-state index is 11.0. The quantitative estimate of drug-likeness (QED) is 0.549. The number of ketones is 1. The van der Waals surface area contributed by atoms with E-state index >= 15 is 0 Å². The van der Waals surface area contributed by atoms with Gasteiger partial charge in [-0.15, -0.1) is 0 Å². The molecule has 1 fully saturated rings. The average Bonchev–Trinajstić information content (AvgIpc) is 2.55. The normalized spacial score (nSPS) is 25.6. The van der Waals surface area contributed by atoms with Gasteiger partial charge in [-0.3, -0.25) is 9.59 Å². The summed E-state index contributed by atoms with van der Waals surface area (Å²) in [6, 6.07) is 0. The molecule has 1 saturated carbocycles. The van der Waals surface area contributed by atoms with Crippen LogP contribution in [-0.4, -0.2) is 30.1 Å². The van der Waals surface area contributed by atoms with Crippen molar-refractivity contribution in [2.24, 2.45) is 5.92 Å². The molecule has 1 aliphatic rings. The SMILES string of the molecule is COC(=O)CCCCC1CCC(=O)C1O. The predicted octanol–water partition coefficient (Wildman–Crippen LogP) is 1.06. The Labute approximate surface area is 89.6 Å². The number of rotatable bonds is 5. The van der Waals surface area contributed by atoms with Crippen LogP contribution in [-0.2, 0) is 14.3 Å². The second-order valence-electron chi connectivity index (χ2n) is 4.03. The molecule has 0 bridgehead atoms. The lowest BCUT2D eigenvalue weighted by Gasteiger charge is -2.12. The Bertz CT molecular complexity index is 237. The van der Waals surface area contributed by atoms with Crippen molar-refractivity contribution in [1.29, 1.82) is 0 Å². The third kappa shape index (κ3) is 3.63. The molecule has 2 atom stereocenters. The Morgan fingerprint density at radius 1 is 1.53 bits per heavy atom. The third-order valence-corrected chi connectivity index (χ3v) is 2.97. The lowest BCUT2D eigenvalue weighted by atomic mass is 9.98. The highest BCUT2D eigenvalue weighted by molar-refractivity contribution is 5.85. The fourth-order valence-electron chi connectivity index (χ4n) is 1.98. The number of methoxy groups -OCH3 is 1. The van der Waals surface area contributed by atoms with Crippen LogP contribution in [0.3, 0.4) is 0 Å². The van der Waals surface area contributed by atoms with E-state index in [2.05, 4.69) is 4.74 Å². The monoisotopic (exact) mass is 214 g/mol. The number of aliphatic hydroxyl groups is 1. The molecule has 0 saturated heterocycles. The molecule has 0 aromatic rings. The second kappa shape index (κ2) is 5.85. The van der Waals surface area contributed by atoms with Crippen molar-refractivity contribution < 1.29 is 19.4 Å². The first-order valence-electron chi connectivity index (χ1n) is 5.42. The summed E-state index contributed by atoms with van der Waals surface area (Å²) in [5, 5.41) is 9.47. The fraction of sp³-hybridized carbons (Fsp3) is 0.818. The van der Waals surface area contributed by atoms with Crippen LogP contribution in [0.15, 0.2) is 0 Å². The minimum absolute atomic E-state index is 0.0343. The standard InChI is InChI=1S/C11H18O4/c1-15-10(13)5-3-2-4-8-6-7-9(12)11(8)14/h8,11,14H,2-7H2,1H3. The summed E-state index contributed by atoms with van der Waals surface area (Å²) in [5.74, 6) is -0.124.